The summed E-state index contributed by atoms with van der Waals surface area (Å²) in [6.45, 7) is 7.93. The van der Waals surface area contributed by atoms with Gasteiger partial charge < -0.3 is 9.80 Å². The summed E-state index contributed by atoms with van der Waals surface area (Å²) in [5, 5.41) is -0.854. The Morgan fingerprint density at radius 3 is 2.53 bits per heavy atom. The average Bonchev–Trinajstić information content (AvgIpc) is 3.12. The number of sulfone groups is 1. The number of carbonyl (C=O) groups excluding carboxylic acids is 2. The van der Waals surface area contributed by atoms with Gasteiger partial charge in [0.25, 0.3) is 0 Å². The molecule has 30 heavy (non-hydrogen) atoms. The van der Waals surface area contributed by atoms with Crippen LogP contribution in [0, 0.1) is 6.92 Å². The number of benzene rings is 2. The van der Waals surface area contributed by atoms with Crippen molar-refractivity contribution in [2.75, 3.05) is 22.9 Å². The van der Waals surface area contributed by atoms with E-state index in [9.17, 15) is 18.0 Å². The molecule has 0 aliphatic carbocycles. The number of rotatable bonds is 6. The molecule has 2 aromatic carbocycles. The normalized spacial score (nSPS) is 14.3. The number of amides is 2. The molecule has 2 aromatic rings. The van der Waals surface area contributed by atoms with Gasteiger partial charge >= 0.3 is 0 Å². The molecule has 7 heteroatoms. The van der Waals surface area contributed by atoms with Crippen LogP contribution >= 0.6 is 0 Å². The molecule has 0 bridgehead atoms. The molecule has 0 saturated heterocycles. The average molecular weight is 429 g/mol. The third kappa shape index (κ3) is 4.26. The smallest absolute Gasteiger partial charge is 0.228 e. The second kappa shape index (κ2) is 8.60. The van der Waals surface area contributed by atoms with Crippen LogP contribution in [0.15, 0.2) is 47.4 Å². The highest BCUT2D eigenvalue weighted by Crippen LogP contribution is 2.32. The van der Waals surface area contributed by atoms with Crippen LogP contribution in [0.5, 0.6) is 0 Å². The standard InChI is InChI=1S/C23H28N2O4S/c1-5-24(20-8-6-7-16(2)13-20)23(27)14-17(3)30(28,29)21-9-10-22-19(15-21)11-12-25(22)18(4)26/h6-10,13,15,17H,5,11-12,14H2,1-4H3. The van der Waals surface area contributed by atoms with E-state index in [-0.39, 0.29) is 23.1 Å². The maximum Gasteiger partial charge on any atom is 0.228 e. The molecule has 160 valence electrons. The number of hydrogen-bond donors (Lipinski definition) is 0. The highest BCUT2D eigenvalue weighted by Gasteiger charge is 2.30. The first-order chi connectivity index (χ1) is 14.1. The number of fused-ring (bicyclic) bond motifs is 1. The summed E-state index contributed by atoms with van der Waals surface area (Å²) in [4.78, 5) is 28.1. The summed E-state index contributed by atoms with van der Waals surface area (Å²) in [5.41, 5.74) is 3.42. The molecule has 6 nitrogen and oxygen atoms in total. The zero-order valence-corrected chi connectivity index (χ0v) is 18.7. The second-order valence-electron chi connectivity index (χ2n) is 7.75. The Morgan fingerprint density at radius 2 is 1.90 bits per heavy atom. The Hall–Kier alpha value is -2.67. The summed E-state index contributed by atoms with van der Waals surface area (Å²) in [5.74, 6) is -0.276. The van der Waals surface area contributed by atoms with Crippen LogP contribution < -0.4 is 9.80 Å². The highest BCUT2D eigenvalue weighted by atomic mass is 32.2. The van der Waals surface area contributed by atoms with E-state index in [1.807, 2.05) is 38.1 Å². The van der Waals surface area contributed by atoms with Crippen molar-refractivity contribution in [2.24, 2.45) is 0 Å². The first kappa shape index (κ1) is 22.0. The van der Waals surface area contributed by atoms with E-state index in [1.54, 1.807) is 28.9 Å². The van der Waals surface area contributed by atoms with Crippen molar-refractivity contribution in [1.82, 2.24) is 0 Å². The van der Waals surface area contributed by atoms with Crippen LogP contribution in [-0.2, 0) is 25.8 Å². The van der Waals surface area contributed by atoms with Crippen LogP contribution in [0.3, 0.4) is 0 Å². The number of hydrogen-bond acceptors (Lipinski definition) is 4. The minimum Gasteiger partial charge on any atom is -0.313 e. The second-order valence-corrected chi connectivity index (χ2v) is 10.1. The number of anilines is 2. The molecule has 0 N–H and O–H groups in total. The fourth-order valence-corrected chi connectivity index (χ4v) is 5.27. The fraction of sp³-hybridized carbons (Fsp3) is 0.391. The van der Waals surface area contributed by atoms with Gasteiger partial charge in [0.2, 0.25) is 11.8 Å². The van der Waals surface area contributed by atoms with Gasteiger partial charge in [0.15, 0.2) is 9.84 Å². The Morgan fingerprint density at radius 1 is 1.17 bits per heavy atom. The zero-order chi connectivity index (χ0) is 22.1. The van der Waals surface area contributed by atoms with Gasteiger partial charge in [-0.15, -0.1) is 0 Å². The van der Waals surface area contributed by atoms with Crippen molar-refractivity contribution in [2.45, 2.75) is 50.7 Å². The minimum atomic E-state index is -3.68. The Bertz CT molecular complexity index is 1080. The topological polar surface area (TPSA) is 74.8 Å². The Kier molecular flexibility index (Phi) is 6.31. The lowest BCUT2D eigenvalue weighted by molar-refractivity contribution is -0.118. The molecule has 0 spiro atoms. The third-order valence-corrected chi connectivity index (χ3v) is 7.71. The van der Waals surface area contributed by atoms with E-state index in [1.165, 1.54) is 13.0 Å². The van der Waals surface area contributed by atoms with E-state index in [0.717, 1.165) is 22.5 Å². The quantitative estimate of drug-likeness (QED) is 0.706. The van der Waals surface area contributed by atoms with E-state index < -0.39 is 15.1 Å². The van der Waals surface area contributed by atoms with Gasteiger partial charge in [0.05, 0.1) is 10.1 Å². The lowest BCUT2D eigenvalue weighted by Crippen LogP contribution is -2.34. The predicted octanol–water partition coefficient (Wildman–Crippen LogP) is 3.51. The molecule has 1 heterocycles. The molecule has 3 rings (SSSR count). The van der Waals surface area contributed by atoms with Crippen LogP contribution in [0.2, 0.25) is 0 Å². The third-order valence-electron chi connectivity index (χ3n) is 5.58. The summed E-state index contributed by atoms with van der Waals surface area (Å²) in [6, 6.07) is 12.5. The van der Waals surface area contributed by atoms with Gasteiger partial charge in [-0.2, -0.15) is 0 Å². The monoisotopic (exact) mass is 428 g/mol. The molecule has 1 aliphatic rings. The SMILES string of the molecule is CCN(C(=O)CC(C)S(=O)(=O)c1ccc2c(c1)CCN2C(C)=O)c1cccc(C)c1. The summed E-state index contributed by atoms with van der Waals surface area (Å²) in [7, 11) is -3.68. The van der Waals surface area contributed by atoms with Crippen molar-refractivity contribution in [3.05, 3.63) is 53.6 Å². The van der Waals surface area contributed by atoms with Crippen LogP contribution in [-0.4, -0.2) is 38.6 Å². The summed E-state index contributed by atoms with van der Waals surface area (Å²) < 4.78 is 26.3. The lowest BCUT2D eigenvalue weighted by Gasteiger charge is -2.23. The van der Waals surface area contributed by atoms with Crippen LogP contribution in [0.25, 0.3) is 0 Å². The van der Waals surface area contributed by atoms with E-state index in [2.05, 4.69) is 0 Å². The molecule has 1 aliphatic heterocycles. The molecule has 1 unspecified atom stereocenters. The maximum atomic E-state index is 13.1. The van der Waals surface area contributed by atoms with Crippen molar-refractivity contribution < 1.29 is 18.0 Å². The molecule has 0 radical (unpaired) electrons. The molecule has 2 amide bonds. The van der Waals surface area contributed by atoms with Gasteiger partial charge in [0, 0.05) is 37.8 Å². The van der Waals surface area contributed by atoms with Gasteiger partial charge in [-0.25, -0.2) is 8.42 Å². The van der Waals surface area contributed by atoms with Crippen LogP contribution in [0.1, 0.15) is 38.3 Å². The molecule has 0 fully saturated rings. The van der Waals surface area contributed by atoms with Gasteiger partial charge in [-0.3, -0.25) is 9.59 Å². The number of carbonyl (C=O) groups is 2. The molecule has 0 saturated carbocycles. The van der Waals surface area contributed by atoms with Gasteiger partial charge in [-0.1, -0.05) is 12.1 Å². The Labute approximate surface area is 178 Å². The zero-order valence-electron chi connectivity index (χ0n) is 17.9. The molecule has 1 atom stereocenters. The molecular formula is C23H28N2O4S. The summed E-state index contributed by atoms with van der Waals surface area (Å²) >= 11 is 0. The van der Waals surface area contributed by atoms with Crippen molar-refractivity contribution in [1.29, 1.82) is 0 Å². The first-order valence-electron chi connectivity index (χ1n) is 10.2. The van der Waals surface area contributed by atoms with Gasteiger partial charge in [0.1, 0.15) is 0 Å². The van der Waals surface area contributed by atoms with E-state index in [0.29, 0.717) is 19.5 Å². The minimum absolute atomic E-state index is 0.0564. The largest absolute Gasteiger partial charge is 0.313 e. The van der Waals surface area contributed by atoms with Crippen molar-refractivity contribution >= 4 is 33.0 Å². The first-order valence-corrected chi connectivity index (χ1v) is 11.7. The molecular weight excluding hydrogens is 400 g/mol. The Balaban J connectivity index is 1.80. The lowest BCUT2D eigenvalue weighted by atomic mass is 10.2. The van der Waals surface area contributed by atoms with Crippen molar-refractivity contribution in [3.63, 3.8) is 0 Å². The summed E-state index contributed by atoms with van der Waals surface area (Å²) in [6.07, 6.45) is 0.531. The highest BCUT2D eigenvalue weighted by molar-refractivity contribution is 7.92. The fourth-order valence-electron chi connectivity index (χ4n) is 3.88. The van der Waals surface area contributed by atoms with E-state index >= 15 is 0 Å². The number of aryl methyl sites for hydroxylation is 1. The maximum absolute atomic E-state index is 13.1. The van der Waals surface area contributed by atoms with Crippen LogP contribution in [0.4, 0.5) is 11.4 Å². The van der Waals surface area contributed by atoms with E-state index in [4.69, 9.17) is 0 Å². The molecule has 0 aromatic heterocycles. The van der Waals surface area contributed by atoms with Gasteiger partial charge in [-0.05, 0) is 68.7 Å². The predicted molar refractivity (Wildman–Crippen MR) is 119 cm³/mol. The number of nitrogens with zero attached hydrogens (tertiary/aromatic N) is 2. The van der Waals surface area contributed by atoms with Crippen molar-refractivity contribution in [3.8, 4) is 0 Å².